The van der Waals surface area contributed by atoms with Crippen molar-refractivity contribution in [2.45, 2.75) is 52.6 Å². The molecule has 1 atom stereocenters. The van der Waals surface area contributed by atoms with E-state index in [2.05, 4.69) is 39.5 Å². The average molecular weight is 228 g/mol. The fourth-order valence-corrected chi connectivity index (χ4v) is 2.03. The van der Waals surface area contributed by atoms with E-state index in [-0.39, 0.29) is 17.0 Å². The van der Waals surface area contributed by atoms with Crippen molar-refractivity contribution in [1.82, 2.24) is 4.90 Å². The number of ether oxygens (including phenoxy) is 1. The number of morpholine rings is 1. The molecule has 16 heavy (non-hydrogen) atoms. The van der Waals surface area contributed by atoms with E-state index in [1.165, 1.54) is 0 Å². The van der Waals surface area contributed by atoms with Gasteiger partial charge in [0.2, 0.25) is 0 Å². The largest absolute Gasteiger partial charge is 0.378 e. The molecule has 1 fully saturated rings. The average Bonchev–Trinajstić information content (AvgIpc) is 2.13. The maximum absolute atomic E-state index is 6.20. The molecule has 1 saturated heterocycles. The Morgan fingerprint density at radius 1 is 1.38 bits per heavy atom. The van der Waals surface area contributed by atoms with Gasteiger partial charge in [-0.15, -0.1) is 0 Å². The maximum atomic E-state index is 6.20. The van der Waals surface area contributed by atoms with Crippen molar-refractivity contribution in [1.29, 1.82) is 0 Å². The van der Waals surface area contributed by atoms with Gasteiger partial charge in [-0.25, -0.2) is 0 Å². The molecule has 0 bridgehead atoms. The zero-order chi connectivity index (χ0) is 12.4. The summed E-state index contributed by atoms with van der Waals surface area (Å²) in [7, 11) is 0. The first-order valence-corrected chi connectivity index (χ1v) is 6.32. The summed E-state index contributed by atoms with van der Waals surface area (Å²) in [6, 6.07) is 0.270. The van der Waals surface area contributed by atoms with Crippen molar-refractivity contribution in [3.05, 3.63) is 0 Å². The summed E-state index contributed by atoms with van der Waals surface area (Å²) < 4.78 is 5.52. The molecule has 1 rings (SSSR count). The summed E-state index contributed by atoms with van der Waals surface area (Å²) in [5.41, 5.74) is 6.57. The van der Waals surface area contributed by atoms with Crippen molar-refractivity contribution < 1.29 is 4.74 Å². The fourth-order valence-electron chi connectivity index (χ4n) is 2.03. The van der Waals surface area contributed by atoms with Crippen molar-refractivity contribution >= 4 is 0 Å². The number of hydrogen-bond donors (Lipinski definition) is 1. The Kier molecular flexibility index (Phi) is 4.38. The van der Waals surface area contributed by atoms with Gasteiger partial charge >= 0.3 is 0 Å². The Hall–Kier alpha value is -0.120. The van der Waals surface area contributed by atoms with Crippen molar-refractivity contribution in [3.63, 3.8) is 0 Å². The highest BCUT2D eigenvalue weighted by Gasteiger charge is 2.31. The van der Waals surface area contributed by atoms with Gasteiger partial charge in [0.05, 0.1) is 13.2 Å². The molecule has 3 heteroatoms. The third kappa shape index (κ3) is 3.72. The van der Waals surface area contributed by atoms with E-state index in [9.17, 15) is 0 Å². The summed E-state index contributed by atoms with van der Waals surface area (Å²) >= 11 is 0. The van der Waals surface area contributed by atoms with Crippen LogP contribution in [-0.4, -0.2) is 42.8 Å². The standard InChI is InChI=1S/C13H28N2O/c1-12(2,3)11(14)6-7-15-8-9-16-10-13(15,4)5/h11H,6-10,14H2,1-5H3. The van der Waals surface area contributed by atoms with E-state index >= 15 is 0 Å². The lowest BCUT2D eigenvalue weighted by Gasteiger charge is -2.43. The van der Waals surface area contributed by atoms with Crippen LogP contribution in [0.4, 0.5) is 0 Å². The Balaban J connectivity index is 2.42. The Bertz CT molecular complexity index is 220. The van der Waals surface area contributed by atoms with E-state index in [1.54, 1.807) is 0 Å². The van der Waals surface area contributed by atoms with E-state index in [0.29, 0.717) is 0 Å². The molecular weight excluding hydrogens is 200 g/mol. The number of rotatable bonds is 3. The summed E-state index contributed by atoms with van der Waals surface area (Å²) in [5, 5.41) is 0. The maximum Gasteiger partial charge on any atom is 0.0645 e. The molecule has 1 aliphatic rings. The SMILES string of the molecule is CC(C)(C)C(N)CCN1CCOCC1(C)C. The number of hydrogen-bond acceptors (Lipinski definition) is 3. The summed E-state index contributed by atoms with van der Waals surface area (Å²) in [5.74, 6) is 0. The molecule has 0 spiro atoms. The molecule has 0 radical (unpaired) electrons. The monoisotopic (exact) mass is 228 g/mol. The highest BCUT2D eigenvalue weighted by Crippen LogP contribution is 2.23. The summed E-state index contributed by atoms with van der Waals surface area (Å²) in [6.07, 6.45) is 1.06. The van der Waals surface area contributed by atoms with Gasteiger partial charge < -0.3 is 10.5 Å². The van der Waals surface area contributed by atoms with Crippen LogP contribution in [0.2, 0.25) is 0 Å². The minimum atomic E-state index is 0.163. The van der Waals surface area contributed by atoms with Crippen LogP contribution < -0.4 is 5.73 Å². The van der Waals surface area contributed by atoms with Gasteiger partial charge in [-0.1, -0.05) is 20.8 Å². The third-order valence-electron chi connectivity index (χ3n) is 3.64. The van der Waals surface area contributed by atoms with Crippen LogP contribution >= 0.6 is 0 Å². The Morgan fingerprint density at radius 2 is 2.00 bits per heavy atom. The molecule has 0 aromatic carbocycles. The lowest BCUT2D eigenvalue weighted by atomic mass is 9.85. The van der Waals surface area contributed by atoms with Crippen LogP contribution in [0.1, 0.15) is 41.0 Å². The van der Waals surface area contributed by atoms with Gasteiger partial charge in [0.25, 0.3) is 0 Å². The molecule has 0 aliphatic carbocycles. The van der Waals surface area contributed by atoms with Gasteiger partial charge in [0.15, 0.2) is 0 Å². The quantitative estimate of drug-likeness (QED) is 0.801. The van der Waals surface area contributed by atoms with Crippen LogP contribution in [0.25, 0.3) is 0 Å². The Labute approximate surface area is 100 Å². The van der Waals surface area contributed by atoms with E-state index in [1.807, 2.05) is 0 Å². The first kappa shape index (κ1) is 13.9. The Morgan fingerprint density at radius 3 is 2.50 bits per heavy atom. The predicted molar refractivity (Wildman–Crippen MR) is 68.5 cm³/mol. The van der Waals surface area contributed by atoms with Crippen LogP contribution in [-0.2, 0) is 4.74 Å². The van der Waals surface area contributed by atoms with Crippen LogP contribution in [0, 0.1) is 5.41 Å². The second kappa shape index (κ2) is 5.03. The third-order valence-corrected chi connectivity index (χ3v) is 3.64. The molecular formula is C13H28N2O. The minimum Gasteiger partial charge on any atom is -0.378 e. The van der Waals surface area contributed by atoms with Gasteiger partial charge in [-0.05, 0) is 25.7 Å². The predicted octanol–water partition coefficient (Wildman–Crippen LogP) is 1.86. The van der Waals surface area contributed by atoms with Gasteiger partial charge in [0, 0.05) is 24.7 Å². The minimum absolute atomic E-state index is 0.163. The highest BCUT2D eigenvalue weighted by atomic mass is 16.5. The van der Waals surface area contributed by atoms with Gasteiger partial charge in [-0.3, -0.25) is 4.90 Å². The van der Waals surface area contributed by atoms with Crippen LogP contribution in [0.3, 0.4) is 0 Å². The summed E-state index contributed by atoms with van der Waals surface area (Å²) in [4.78, 5) is 2.50. The molecule has 0 saturated carbocycles. The molecule has 1 heterocycles. The van der Waals surface area contributed by atoms with E-state index in [0.717, 1.165) is 32.7 Å². The van der Waals surface area contributed by atoms with Crippen LogP contribution in [0.5, 0.6) is 0 Å². The first-order valence-electron chi connectivity index (χ1n) is 6.32. The van der Waals surface area contributed by atoms with E-state index in [4.69, 9.17) is 10.5 Å². The first-order chi connectivity index (χ1) is 7.23. The summed E-state index contributed by atoms with van der Waals surface area (Å²) in [6.45, 7) is 14.9. The smallest absolute Gasteiger partial charge is 0.0645 e. The van der Waals surface area contributed by atoms with E-state index < -0.39 is 0 Å². The number of nitrogens with zero attached hydrogens (tertiary/aromatic N) is 1. The van der Waals surface area contributed by atoms with Crippen molar-refractivity contribution in [2.75, 3.05) is 26.3 Å². The second-order valence-electron chi connectivity index (χ2n) is 6.61. The molecule has 2 N–H and O–H groups in total. The molecule has 1 aliphatic heterocycles. The van der Waals surface area contributed by atoms with Gasteiger partial charge in [-0.2, -0.15) is 0 Å². The normalized spacial score (nSPS) is 24.4. The topological polar surface area (TPSA) is 38.5 Å². The lowest BCUT2D eigenvalue weighted by molar-refractivity contribution is -0.0527. The highest BCUT2D eigenvalue weighted by molar-refractivity contribution is 4.86. The van der Waals surface area contributed by atoms with Crippen molar-refractivity contribution in [3.8, 4) is 0 Å². The zero-order valence-electron chi connectivity index (χ0n) is 11.5. The molecule has 96 valence electrons. The molecule has 0 aromatic heterocycles. The molecule has 0 aromatic rings. The number of nitrogens with two attached hydrogens (primary N) is 1. The molecule has 1 unspecified atom stereocenters. The molecule has 0 amide bonds. The zero-order valence-corrected chi connectivity index (χ0v) is 11.5. The van der Waals surface area contributed by atoms with Gasteiger partial charge in [0.1, 0.15) is 0 Å². The second-order valence-corrected chi connectivity index (χ2v) is 6.61. The van der Waals surface area contributed by atoms with Crippen molar-refractivity contribution in [2.24, 2.45) is 11.1 Å². The lowest BCUT2D eigenvalue weighted by Crippen LogP contribution is -2.54. The fraction of sp³-hybridized carbons (Fsp3) is 1.00. The molecule has 3 nitrogen and oxygen atoms in total. The van der Waals surface area contributed by atoms with Crippen LogP contribution in [0.15, 0.2) is 0 Å².